The minimum Gasteiger partial charge on any atom is -0.481 e. The number of aryl methyl sites for hydroxylation is 1. The first-order chi connectivity index (χ1) is 10.4. The van der Waals surface area contributed by atoms with E-state index in [1.54, 1.807) is 35.7 Å². The number of carbonyl (C=O) groups is 1. The van der Waals surface area contributed by atoms with Gasteiger partial charge in [0, 0.05) is 12.5 Å². The van der Waals surface area contributed by atoms with Crippen LogP contribution in [0.5, 0.6) is 0 Å². The Balaban J connectivity index is 2.04. The van der Waals surface area contributed by atoms with Gasteiger partial charge in [0.15, 0.2) is 0 Å². The Bertz CT molecular complexity index is 826. The molecule has 3 rings (SSSR count). The van der Waals surface area contributed by atoms with Gasteiger partial charge in [-0.2, -0.15) is 0 Å². The van der Waals surface area contributed by atoms with Crippen LogP contribution < -0.4 is 4.31 Å². The predicted octanol–water partition coefficient (Wildman–Crippen LogP) is 2.82. The molecular formula is C15H15NO4S2. The second-order valence-corrected chi connectivity index (χ2v) is 8.33. The average Bonchev–Trinajstić information content (AvgIpc) is 3.04. The summed E-state index contributed by atoms with van der Waals surface area (Å²) in [5, 5.41) is 10.8. The molecule has 1 aromatic heterocycles. The van der Waals surface area contributed by atoms with Crippen LogP contribution in [-0.2, 0) is 14.8 Å². The Morgan fingerprint density at radius 3 is 2.77 bits per heavy atom. The maximum atomic E-state index is 12.8. The van der Waals surface area contributed by atoms with Crippen molar-refractivity contribution in [2.45, 2.75) is 23.5 Å². The van der Waals surface area contributed by atoms with Gasteiger partial charge in [0.05, 0.1) is 12.1 Å². The van der Waals surface area contributed by atoms with Crippen molar-refractivity contribution in [2.75, 3.05) is 10.8 Å². The maximum Gasteiger partial charge on any atom is 0.304 e. The summed E-state index contributed by atoms with van der Waals surface area (Å²) in [5.74, 6) is -1.24. The minimum absolute atomic E-state index is 0.0769. The maximum absolute atomic E-state index is 12.8. The highest BCUT2D eigenvalue weighted by Gasteiger charge is 2.37. The molecule has 1 aliphatic rings. The average molecular weight is 337 g/mol. The molecule has 1 aliphatic heterocycles. The van der Waals surface area contributed by atoms with Gasteiger partial charge in [-0.25, -0.2) is 8.42 Å². The Labute approximate surface area is 132 Å². The van der Waals surface area contributed by atoms with Gasteiger partial charge in [-0.05, 0) is 35.6 Å². The molecule has 2 aromatic rings. The summed E-state index contributed by atoms with van der Waals surface area (Å²) >= 11 is 1.19. The molecule has 7 heteroatoms. The number of rotatable bonds is 4. The van der Waals surface area contributed by atoms with Gasteiger partial charge in [0.2, 0.25) is 0 Å². The van der Waals surface area contributed by atoms with Crippen molar-refractivity contribution >= 4 is 33.0 Å². The number of anilines is 1. The van der Waals surface area contributed by atoms with Crippen LogP contribution >= 0.6 is 11.3 Å². The normalized spacial score (nSPS) is 17.5. The zero-order chi connectivity index (χ0) is 15.9. The summed E-state index contributed by atoms with van der Waals surface area (Å²) < 4.78 is 27.3. The topological polar surface area (TPSA) is 74.7 Å². The van der Waals surface area contributed by atoms with E-state index in [0.29, 0.717) is 5.69 Å². The van der Waals surface area contributed by atoms with Crippen LogP contribution in [0.3, 0.4) is 0 Å². The molecule has 0 saturated carbocycles. The second kappa shape index (κ2) is 5.40. The van der Waals surface area contributed by atoms with E-state index in [-0.39, 0.29) is 23.1 Å². The van der Waals surface area contributed by atoms with Gasteiger partial charge < -0.3 is 5.11 Å². The third-order valence-electron chi connectivity index (χ3n) is 3.70. The highest BCUT2D eigenvalue weighted by atomic mass is 32.2. The van der Waals surface area contributed by atoms with Crippen molar-refractivity contribution in [1.82, 2.24) is 0 Å². The van der Waals surface area contributed by atoms with Crippen LogP contribution in [0.2, 0.25) is 0 Å². The van der Waals surface area contributed by atoms with E-state index >= 15 is 0 Å². The number of nitrogens with zero attached hydrogens (tertiary/aromatic N) is 1. The second-order valence-electron chi connectivity index (χ2n) is 5.33. The zero-order valence-corrected chi connectivity index (χ0v) is 13.5. The molecule has 0 aliphatic carbocycles. The zero-order valence-electron chi connectivity index (χ0n) is 11.9. The lowest BCUT2D eigenvalue weighted by atomic mass is 9.98. The van der Waals surface area contributed by atoms with Crippen molar-refractivity contribution in [1.29, 1.82) is 0 Å². The van der Waals surface area contributed by atoms with Gasteiger partial charge in [-0.15, -0.1) is 11.3 Å². The van der Waals surface area contributed by atoms with E-state index in [0.717, 1.165) is 11.1 Å². The lowest BCUT2D eigenvalue weighted by molar-refractivity contribution is -0.137. The first-order valence-electron chi connectivity index (χ1n) is 6.78. The Kier molecular flexibility index (Phi) is 3.70. The van der Waals surface area contributed by atoms with Crippen LogP contribution in [0, 0.1) is 6.92 Å². The largest absolute Gasteiger partial charge is 0.481 e. The van der Waals surface area contributed by atoms with E-state index in [1.165, 1.54) is 15.6 Å². The molecule has 1 unspecified atom stereocenters. The quantitative estimate of drug-likeness (QED) is 0.931. The number of para-hydroxylation sites is 1. The van der Waals surface area contributed by atoms with E-state index in [9.17, 15) is 13.2 Å². The number of hydrogen-bond donors (Lipinski definition) is 1. The number of carboxylic acids is 1. The molecule has 1 N–H and O–H groups in total. The molecule has 5 nitrogen and oxygen atoms in total. The van der Waals surface area contributed by atoms with E-state index in [1.807, 2.05) is 6.92 Å². The van der Waals surface area contributed by atoms with Gasteiger partial charge in [0.1, 0.15) is 4.21 Å². The molecule has 1 aromatic carbocycles. The van der Waals surface area contributed by atoms with Crippen LogP contribution in [0.25, 0.3) is 0 Å². The number of sulfonamides is 1. The number of fused-ring (bicyclic) bond motifs is 1. The molecule has 0 saturated heterocycles. The van der Waals surface area contributed by atoms with E-state index in [2.05, 4.69) is 0 Å². The highest BCUT2D eigenvalue weighted by molar-refractivity contribution is 7.94. The van der Waals surface area contributed by atoms with Crippen molar-refractivity contribution < 1.29 is 18.3 Å². The summed E-state index contributed by atoms with van der Waals surface area (Å²) in [6.45, 7) is 2.02. The molecule has 22 heavy (non-hydrogen) atoms. The Morgan fingerprint density at radius 1 is 1.41 bits per heavy atom. The van der Waals surface area contributed by atoms with Crippen molar-refractivity contribution in [2.24, 2.45) is 0 Å². The first-order valence-corrected chi connectivity index (χ1v) is 9.10. The lowest BCUT2D eigenvalue weighted by Crippen LogP contribution is -2.29. The number of thiophene rings is 1. The fourth-order valence-electron chi connectivity index (χ4n) is 2.72. The van der Waals surface area contributed by atoms with Gasteiger partial charge in [-0.3, -0.25) is 9.10 Å². The molecule has 0 radical (unpaired) electrons. The molecule has 116 valence electrons. The molecular weight excluding hydrogens is 322 g/mol. The monoisotopic (exact) mass is 337 g/mol. The van der Waals surface area contributed by atoms with E-state index < -0.39 is 16.0 Å². The number of aliphatic carboxylic acids is 1. The predicted molar refractivity (Wildman–Crippen MR) is 85.0 cm³/mol. The summed E-state index contributed by atoms with van der Waals surface area (Å²) in [5.41, 5.74) is 2.26. The summed E-state index contributed by atoms with van der Waals surface area (Å²) in [4.78, 5) is 11.0. The highest BCUT2D eigenvalue weighted by Crippen LogP contribution is 2.41. The summed E-state index contributed by atoms with van der Waals surface area (Å²) in [6, 6.07) is 8.75. The molecule has 0 fully saturated rings. The van der Waals surface area contributed by atoms with Gasteiger partial charge in [0.25, 0.3) is 10.0 Å². The fourth-order valence-corrected chi connectivity index (χ4v) is 5.60. The Morgan fingerprint density at radius 2 is 2.14 bits per heavy atom. The fraction of sp³-hybridized carbons (Fsp3) is 0.267. The van der Waals surface area contributed by atoms with Crippen molar-refractivity contribution in [3.8, 4) is 0 Å². The van der Waals surface area contributed by atoms with E-state index in [4.69, 9.17) is 5.11 Å². The smallest absolute Gasteiger partial charge is 0.304 e. The minimum atomic E-state index is -3.64. The third-order valence-corrected chi connectivity index (χ3v) is 7.02. The third kappa shape index (κ3) is 2.50. The molecule has 0 bridgehead atoms. The van der Waals surface area contributed by atoms with Crippen LogP contribution in [0.4, 0.5) is 5.69 Å². The summed E-state index contributed by atoms with van der Waals surface area (Å²) in [7, 11) is -3.64. The number of carboxylic acid groups (broad SMARTS) is 1. The van der Waals surface area contributed by atoms with Crippen molar-refractivity contribution in [3.63, 3.8) is 0 Å². The number of hydrogen-bond acceptors (Lipinski definition) is 4. The molecule has 1 atom stereocenters. The van der Waals surface area contributed by atoms with Crippen LogP contribution in [0.1, 0.15) is 23.5 Å². The van der Waals surface area contributed by atoms with Gasteiger partial charge in [-0.1, -0.05) is 18.2 Å². The summed E-state index contributed by atoms with van der Waals surface area (Å²) in [6.07, 6.45) is -0.0769. The van der Waals surface area contributed by atoms with Crippen LogP contribution in [0.15, 0.2) is 39.9 Å². The van der Waals surface area contributed by atoms with Crippen LogP contribution in [-0.4, -0.2) is 26.0 Å². The molecule has 0 spiro atoms. The standard InChI is InChI=1S/C15H15NO4S2/c1-10-6-15(21-9-10)22(19,20)16-8-11(7-14(17)18)12-4-2-3-5-13(12)16/h2-6,9,11H,7-8H2,1H3,(H,17,18). The SMILES string of the molecule is Cc1csc(S(=O)(=O)N2CC(CC(=O)O)c3ccccc32)c1. The molecule has 2 heterocycles. The van der Waals surface area contributed by atoms with Crippen molar-refractivity contribution in [3.05, 3.63) is 46.8 Å². The Hall–Kier alpha value is -1.86. The lowest BCUT2D eigenvalue weighted by Gasteiger charge is -2.18. The molecule has 0 amide bonds. The first kappa shape index (κ1) is 15.1. The number of benzene rings is 1. The van der Waals surface area contributed by atoms with Gasteiger partial charge >= 0.3 is 5.97 Å².